The summed E-state index contributed by atoms with van der Waals surface area (Å²) in [6, 6.07) is 9.24. The zero-order valence-electron chi connectivity index (χ0n) is 10.3. The van der Waals surface area contributed by atoms with Crippen molar-refractivity contribution in [1.82, 2.24) is 14.4 Å². The number of hydrogen-bond donors (Lipinski definition) is 1. The molecule has 100 valence electrons. The summed E-state index contributed by atoms with van der Waals surface area (Å²) in [6.45, 7) is 0. The minimum atomic E-state index is -0.896. The van der Waals surface area contributed by atoms with Gasteiger partial charge in [-0.05, 0) is 40.2 Å². The number of carbonyl (C=O) groups is 1. The van der Waals surface area contributed by atoms with E-state index in [1.54, 1.807) is 22.9 Å². The number of carboxylic acid groups (broad SMARTS) is 1. The smallest absolute Gasteiger partial charge is 0.309 e. The number of halogens is 1. The maximum absolute atomic E-state index is 11.1. The highest BCUT2D eigenvalue weighted by Crippen LogP contribution is 2.27. The van der Waals surface area contributed by atoms with Crippen molar-refractivity contribution in [1.29, 1.82) is 0 Å². The van der Waals surface area contributed by atoms with Crippen molar-refractivity contribution in [3.8, 4) is 11.3 Å². The van der Waals surface area contributed by atoms with Crippen molar-refractivity contribution >= 4 is 27.5 Å². The summed E-state index contributed by atoms with van der Waals surface area (Å²) in [6.07, 6.45) is 3.25. The van der Waals surface area contributed by atoms with Crippen molar-refractivity contribution in [3.63, 3.8) is 0 Å². The second-order valence-electron chi connectivity index (χ2n) is 4.26. The third-order valence-electron chi connectivity index (χ3n) is 2.95. The Hall–Kier alpha value is -2.21. The molecule has 0 radical (unpaired) electrons. The maximum atomic E-state index is 11.1. The van der Waals surface area contributed by atoms with Gasteiger partial charge in [0.2, 0.25) is 0 Å². The van der Waals surface area contributed by atoms with Crippen molar-refractivity contribution in [2.75, 3.05) is 0 Å². The molecule has 20 heavy (non-hydrogen) atoms. The number of rotatable bonds is 3. The molecular formula is C14H10BrN3O2. The first kappa shape index (κ1) is 12.8. The molecule has 6 heteroatoms. The number of hydrogen-bond acceptors (Lipinski definition) is 3. The van der Waals surface area contributed by atoms with E-state index >= 15 is 0 Å². The van der Waals surface area contributed by atoms with Gasteiger partial charge < -0.3 is 5.11 Å². The van der Waals surface area contributed by atoms with Crippen molar-refractivity contribution in [3.05, 3.63) is 53.0 Å². The van der Waals surface area contributed by atoms with Gasteiger partial charge >= 0.3 is 5.97 Å². The number of aliphatic carboxylic acids is 1. The van der Waals surface area contributed by atoms with Crippen molar-refractivity contribution in [2.45, 2.75) is 6.42 Å². The minimum Gasteiger partial charge on any atom is -0.481 e. The van der Waals surface area contributed by atoms with E-state index < -0.39 is 5.97 Å². The maximum Gasteiger partial charge on any atom is 0.309 e. The van der Waals surface area contributed by atoms with Crippen LogP contribution in [-0.2, 0) is 11.2 Å². The topological polar surface area (TPSA) is 67.5 Å². The first-order valence-electron chi connectivity index (χ1n) is 5.95. The van der Waals surface area contributed by atoms with Crippen LogP contribution in [0.1, 0.15) is 5.69 Å². The van der Waals surface area contributed by atoms with Gasteiger partial charge in [0.25, 0.3) is 0 Å². The Kier molecular flexibility index (Phi) is 3.23. The van der Waals surface area contributed by atoms with E-state index in [1.807, 2.05) is 24.3 Å². The Labute approximate surface area is 123 Å². The summed E-state index contributed by atoms with van der Waals surface area (Å²) in [7, 11) is 0. The zero-order valence-corrected chi connectivity index (χ0v) is 11.9. The number of pyridine rings is 2. The largest absolute Gasteiger partial charge is 0.481 e. The third kappa shape index (κ3) is 2.18. The fraction of sp³-hybridized carbons (Fsp3) is 0.0714. The lowest BCUT2D eigenvalue weighted by Gasteiger charge is -2.04. The quantitative estimate of drug-likeness (QED) is 0.749. The highest BCUT2D eigenvalue weighted by atomic mass is 79.9. The second kappa shape index (κ2) is 5.05. The number of fused-ring (bicyclic) bond motifs is 1. The van der Waals surface area contributed by atoms with Crippen LogP contribution >= 0.6 is 15.9 Å². The highest BCUT2D eigenvalue weighted by molar-refractivity contribution is 9.10. The van der Waals surface area contributed by atoms with Gasteiger partial charge in [-0.25, -0.2) is 4.98 Å². The van der Waals surface area contributed by atoms with Crippen LogP contribution in [-0.4, -0.2) is 25.4 Å². The first-order valence-corrected chi connectivity index (χ1v) is 6.74. The van der Waals surface area contributed by atoms with Gasteiger partial charge in [-0.3, -0.25) is 14.2 Å². The van der Waals surface area contributed by atoms with E-state index in [0.717, 1.165) is 10.2 Å². The van der Waals surface area contributed by atoms with Crippen molar-refractivity contribution < 1.29 is 9.90 Å². The molecule has 0 aliphatic carbocycles. The van der Waals surface area contributed by atoms with Crippen LogP contribution in [0.5, 0.6) is 0 Å². The summed E-state index contributed by atoms with van der Waals surface area (Å²) in [5, 5.41) is 9.13. The second-order valence-corrected chi connectivity index (χ2v) is 5.07. The van der Waals surface area contributed by atoms with Crippen molar-refractivity contribution in [2.24, 2.45) is 0 Å². The molecule has 3 rings (SSSR count). The average Bonchev–Trinajstić information content (AvgIpc) is 2.79. The van der Waals surface area contributed by atoms with Crippen LogP contribution in [0.2, 0.25) is 0 Å². The molecule has 0 spiro atoms. The van der Waals surface area contributed by atoms with Gasteiger partial charge in [0, 0.05) is 18.0 Å². The van der Waals surface area contributed by atoms with Crippen LogP contribution in [0.25, 0.3) is 16.9 Å². The first-order chi connectivity index (χ1) is 9.66. The molecule has 0 aliphatic rings. The van der Waals surface area contributed by atoms with Gasteiger partial charge in [-0.2, -0.15) is 0 Å². The number of aromatic nitrogens is 3. The molecule has 0 saturated carbocycles. The zero-order chi connectivity index (χ0) is 14.1. The van der Waals surface area contributed by atoms with E-state index in [-0.39, 0.29) is 6.42 Å². The van der Waals surface area contributed by atoms with Gasteiger partial charge in [0.05, 0.1) is 22.4 Å². The Morgan fingerprint density at radius 3 is 2.85 bits per heavy atom. The van der Waals surface area contributed by atoms with Crippen LogP contribution in [0.15, 0.2) is 47.3 Å². The molecule has 0 saturated heterocycles. The lowest BCUT2D eigenvalue weighted by Crippen LogP contribution is -2.05. The number of imidazole rings is 1. The van der Waals surface area contributed by atoms with E-state index in [1.165, 1.54) is 0 Å². The van der Waals surface area contributed by atoms with Crippen LogP contribution in [0.3, 0.4) is 0 Å². The average molecular weight is 332 g/mol. The summed E-state index contributed by atoms with van der Waals surface area (Å²) in [5.74, 6) is -0.896. The molecular weight excluding hydrogens is 322 g/mol. The molecule has 0 aromatic carbocycles. The fourth-order valence-corrected chi connectivity index (χ4v) is 2.70. The van der Waals surface area contributed by atoms with E-state index in [2.05, 4.69) is 25.9 Å². The fourth-order valence-electron chi connectivity index (χ4n) is 2.15. The molecule has 3 heterocycles. The monoisotopic (exact) mass is 331 g/mol. The van der Waals surface area contributed by atoms with Gasteiger partial charge in [-0.15, -0.1) is 0 Å². The standard InChI is InChI=1S/C14H10BrN3O2/c15-11-4-1-5-12-17-14(9-3-2-6-16-8-9)10(18(11)12)7-13(19)20/h1-6,8H,7H2,(H,19,20). The molecule has 0 unspecified atom stereocenters. The van der Waals surface area contributed by atoms with Gasteiger partial charge in [0.15, 0.2) is 0 Å². The molecule has 0 atom stereocenters. The number of nitrogens with zero attached hydrogens (tertiary/aromatic N) is 3. The molecule has 0 aliphatic heterocycles. The lowest BCUT2D eigenvalue weighted by atomic mass is 10.1. The predicted molar refractivity (Wildman–Crippen MR) is 77.5 cm³/mol. The summed E-state index contributed by atoms with van der Waals surface area (Å²) < 4.78 is 2.57. The van der Waals surface area contributed by atoms with Crippen LogP contribution in [0.4, 0.5) is 0 Å². The van der Waals surface area contributed by atoms with Crippen LogP contribution < -0.4 is 0 Å². The molecule has 0 amide bonds. The summed E-state index contributed by atoms with van der Waals surface area (Å²) >= 11 is 3.44. The molecule has 1 N–H and O–H groups in total. The normalized spacial score (nSPS) is 10.8. The Balaban J connectivity index is 2.31. The van der Waals surface area contributed by atoms with Gasteiger partial charge in [-0.1, -0.05) is 6.07 Å². The minimum absolute atomic E-state index is 0.103. The molecule has 3 aromatic heterocycles. The Bertz CT molecular complexity index is 784. The van der Waals surface area contributed by atoms with Crippen LogP contribution in [0, 0.1) is 0 Å². The Morgan fingerprint density at radius 2 is 2.15 bits per heavy atom. The lowest BCUT2D eigenvalue weighted by molar-refractivity contribution is -0.136. The number of carboxylic acids is 1. The third-order valence-corrected chi connectivity index (χ3v) is 3.56. The SMILES string of the molecule is O=C(O)Cc1c(-c2cccnc2)nc2cccc(Br)n12. The van der Waals surface area contributed by atoms with E-state index in [0.29, 0.717) is 17.0 Å². The van der Waals surface area contributed by atoms with E-state index in [9.17, 15) is 4.79 Å². The predicted octanol–water partition coefficient (Wildman–Crippen LogP) is 2.79. The molecule has 5 nitrogen and oxygen atoms in total. The molecule has 0 fully saturated rings. The summed E-state index contributed by atoms with van der Waals surface area (Å²) in [5.41, 5.74) is 2.79. The highest BCUT2D eigenvalue weighted by Gasteiger charge is 2.17. The summed E-state index contributed by atoms with van der Waals surface area (Å²) in [4.78, 5) is 19.7. The molecule has 0 bridgehead atoms. The Morgan fingerprint density at radius 1 is 1.30 bits per heavy atom. The van der Waals surface area contributed by atoms with E-state index in [4.69, 9.17) is 5.11 Å². The molecule has 3 aromatic rings. The van der Waals surface area contributed by atoms with Gasteiger partial charge in [0.1, 0.15) is 5.65 Å².